The summed E-state index contributed by atoms with van der Waals surface area (Å²) in [6.45, 7) is 1.24. The van der Waals surface area contributed by atoms with Gasteiger partial charge in [-0.05, 0) is 74.3 Å². The number of anilines is 4. The second-order valence-electron chi connectivity index (χ2n) is 10.9. The lowest BCUT2D eigenvalue weighted by Crippen LogP contribution is -2.25. The number of alkyl halides is 6. The fourth-order valence-corrected chi connectivity index (χ4v) is 4.69. The van der Waals surface area contributed by atoms with Gasteiger partial charge >= 0.3 is 18.4 Å². The van der Waals surface area contributed by atoms with Gasteiger partial charge in [-0.3, -0.25) is 9.79 Å². The predicted octanol–water partition coefficient (Wildman–Crippen LogP) is 5.87. The summed E-state index contributed by atoms with van der Waals surface area (Å²) in [5, 5.41) is 10.4. The van der Waals surface area contributed by atoms with E-state index in [1.807, 2.05) is 0 Å². The quantitative estimate of drug-likeness (QED) is 0.0402. The number of carbonyl (C=O) groups excluding carboxylic acids is 2. The fraction of sp³-hybridized carbons (Fsp3) is 0.323. The molecular weight excluding hydrogens is 662 g/mol. The van der Waals surface area contributed by atoms with Crippen molar-refractivity contribution in [1.29, 1.82) is 0 Å². The molecule has 1 aliphatic rings. The highest BCUT2D eigenvalue weighted by Crippen LogP contribution is 2.42. The minimum absolute atomic E-state index is 0.0508. The van der Waals surface area contributed by atoms with Crippen molar-refractivity contribution in [3.05, 3.63) is 65.7 Å². The first-order chi connectivity index (χ1) is 23.1. The topological polar surface area (TPSA) is 191 Å². The number of amides is 3. The first-order valence-corrected chi connectivity index (χ1v) is 14.9. The molecule has 18 heteroatoms. The summed E-state index contributed by atoms with van der Waals surface area (Å²) in [6, 6.07) is 8.64. The van der Waals surface area contributed by atoms with E-state index >= 15 is 0 Å². The van der Waals surface area contributed by atoms with Crippen LogP contribution in [0.4, 0.5) is 53.9 Å². The van der Waals surface area contributed by atoms with E-state index < -0.39 is 41.5 Å². The van der Waals surface area contributed by atoms with Crippen LogP contribution < -0.4 is 47.9 Å². The number of nitrogens with zero attached hydrogens (tertiary/aromatic N) is 1. The number of guanidine groups is 1. The molecular formula is C31H34F6N8O4. The maximum absolute atomic E-state index is 14.0. The third kappa shape index (κ3) is 11.1. The zero-order valence-corrected chi connectivity index (χ0v) is 25.8. The van der Waals surface area contributed by atoms with Gasteiger partial charge in [0.1, 0.15) is 17.6 Å². The zero-order chi connectivity index (χ0) is 35.8. The van der Waals surface area contributed by atoms with Crippen molar-refractivity contribution >= 4 is 40.6 Å². The Labute approximate surface area is 276 Å². The molecule has 3 aromatic carbocycles. The summed E-state index contributed by atoms with van der Waals surface area (Å²) in [6.07, 6.45) is -8.69. The van der Waals surface area contributed by atoms with Gasteiger partial charge in [0.2, 0.25) is 5.91 Å². The van der Waals surface area contributed by atoms with Crippen molar-refractivity contribution in [3.8, 4) is 17.2 Å². The van der Waals surface area contributed by atoms with Crippen LogP contribution >= 0.6 is 0 Å². The van der Waals surface area contributed by atoms with E-state index in [-0.39, 0.29) is 58.9 Å². The van der Waals surface area contributed by atoms with Gasteiger partial charge in [-0.2, -0.15) is 26.3 Å². The molecule has 264 valence electrons. The molecule has 0 aliphatic carbocycles. The Morgan fingerprint density at radius 1 is 0.857 bits per heavy atom. The number of nitrogen functional groups attached to an aromatic ring is 1. The van der Waals surface area contributed by atoms with Crippen molar-refractivity contribution in [1.82, 2.24) is 5.32 Å². The number of unbranched alkanes of at least 4 members (excludes halogenated alkanes) is 1. The first-order valence-electron chi connectivity index (χ1n) is 14.9. The number of carbonyl (C=O) groups is 2. The van der Waals surface area contributed by atoms with E-state index in [0.717, 1.165) is 18.2 Å². The number of aliphatic imine (C=N–C) groups is 1. The van der Waals surface area contributed by atoms with Crippen LogP contribution in [0, 0.1) is 0 Å². The molecule has 4 rings (SSSR count). The van der Waals surface area contributed by atoms with Gasteiger partial charge in [-0.25, -0.2) is 4.79 Å². The van der Waals surface area contributed by atoms with E-state index in [9.17, 15) is 35.9 Å². The minimum Gasteiger partial charge on any atom is -0.485 e. The van der Waals surface area contributed by atoms with Crippen molar-refractivity contribution < 1.29 is 45.4 Å². The normalized spacial score (nSPS) is 14.5. The van der Waals surface area contributed by atoms with E-state index in [2.05, 4.69) is 26.3 Å². The monoisotopic (exact) mass is 696 g/mol. The van der Waals surface area contributed by atoms with Gasteiger partial charge in [0.15, 0.2) is 11.7 Å². The number of halogens is 6. The van der Waals surface area contributed by atoms with Gasteiger partial charge in [0, 0.05) is 37.0 Å². The molecule has 0 aromatic heterocycles. The molecule has 3 aromatic rings. The van der Waals surface area contributed by atoms with Crippen molar-refractivity contribution in [2.24, 2.45) is 16.5 Å². The van der Waals surface area contributed by atoms with Gasteiger partial charge in [0.05, 0.1) is 22.5 Å². The molecule has 1 aliphatic heterocycles. The summed E-state index contributed by atoms with van der Waals surface area (Å²) in [7, 11) is 0. The van der Waals surface area contributed by atoms with E-state index in [1.165, 1.54) is 30.3 Å². The van der Waals surface area contributed by atoms with E-state index in [0.29, 0.717) is 38.4 Å². The maximum Gasteiger partial charge on any atom is 0.416 e. The summed E-state index contributed by atoms with van der Waals surface area (Å²) in [5.74, 6) is -0.931. The first kappa shape index (κ1) is 36.4. The lowest BCUT2D eigenvalue weighted by Gasteiger charge is -2.22. The highest BCUT2D eigenvalue weighted by Gasteiger charge is 2.34. The van der Waals surface area contributed by atoms with Crippen LogP contribution in [0.3, 0.4) is 0 Å². The Bertz CT molecular complexity index is 1660. The number of urea groups is 1. The Morgan fingerprint density at radius 2 is 1.51 bits per heavy atom. The number of hydrogen-bond acceptors (Lipinski definition) is 7. The number of rotatable bonds is 12. The number of hydrogen-bond donors (Lipinski definition) is 7. The average Bonchev–Trinajstić information content (AvgIpc) is 3.51. The lowest BCUT2D eigenvalue weighted by atomic mass is 10.1. The molecule has 12 nitrogen and oxygen atoms in total. The summed E-state index contributed by atoms with van der Waals surface area (Å²) in [5.41, 5.74) is 13.3. The number of ether oxygens (including phenoxy) is 2. The third-order valence-electron chi connectivity index (χ3n) is 6.95. The molecule has 0 radical (unpaired) electrons. The van der Waals surface area contributed by atoms with Gasteiger partial charge < -0.3 is 47.9 Å². The third-order valence-corrected chi connectivity index (χ3v) is 6.95. The molecule has 1 fully saturated rings. The molecule has 49 heavy (non-hydrogen) atoms. The molecule has 1 heterocycles. The number of benzene rings is 3. The largest absolute Gasteiger partial charge is 0.485 e. The van der Waals surface area contributed by atoms with Crippen LogP contribution in [-0.4, -0.2) is 43.6 Å². The molecule has 10 N–H and O–H groups in total. The van der Waals surface area contributed by atoms with Crippen LogP contribution in [0.2, 0.25) is 0 Å². The molecule has 0 saturated carbocycles. The maximum atomic E-state index is 14.0. The Morgan fingerprint density at radius 3 is 2.12 bits per heavy atom. The predicted molar refractivity (Wildman–Crippen MR) is 172 cm³/mol. The molecule has 1 saturated heterocycles. The van der Waals surface area contributed by atoms with Gasteiger partial charge in [-0.1, -0.05) is 0 Å². The Balaban J connectivity index is 1.52. The standard InChI is InChI=1S/C31H34F6N8O4/c32-30(33,34)17-11-19(38)15-23(12-17)48-21-6-4-20(5-7-21)43-29(47)45-25-14-18(31(35,36)37)13-24(27(25)49-22-8-10-41-16-22)44-26(46)3-1-2-9-42-28(39)40/h4-7,11-15,22,41H,1-3,8-10,16,38H2,(H,44,46)(H4,39,40,42)(H2,43,45,47)/t22-/m1/s1. The number of nitrogens with one attached hydrogen (secondary N) is 4. The van der Waals surface area contributed by atoms with Crippen molar-refractivity contribution in [3.63, 3.8) is 0 Å². The van der Waals surface area contributed by atoms with Crippen molar-refractivity contribution in [2.75, 3.05) is 41.3 Å². The highest BCUT2D eigenvalue weighted by molar-refractivity contribution is 6.02. The molecule has 0 spiro atoms. The van der Waals surface area contributed by atoms with Crippen LogP contribution in [0.25, 0.3) is 0 Å². The lowest BCUT2D eigenvalue weighted by molar-refractivity contribution is -0.138. The smallest absolute Gasteiger partial charge is 0.416 e. The second-order valence-corrected chi connectivity index (χ2v) is 10.9. The van der Waals surface area contributed by atoms with Crippen LogP contribution in [0.15, 0.2) is 59.6 Å². The van der Waals surface area contributed by atoms with Crippen LogP contribution in [0.5, 0.6) is 17.2 Å². The summed E-state index contributed by atoms with van der Waals surface area (Å²) < 4.78 is 92.8. The molecule has 0 bridgehead atoms. The highest BCUT2D eigenvalue weighted by atomic mass is 19.4. The van der Waals surface area contributed by atoms with Crippen molar-refractivity contribution in [2.45, 2.75) is 44.1 Å². The number of nitrogens with two attached hydrogens (primary N) is 3. The Kier molecular flexibility index (Phi) is 11.7. The van der Waals surface area contributed by atoms with Crippen LogP contribution in [-0.2, 0) is 17.1 Å². The summed E-state index contributed by atoms with van der Waals surface area (Å²) in [4.78, 5) is 29.6. The molecule has 1 atom stereocenters. The zero-order valence-electron chi connectivity index (χ0n) is 25.8. The minimum atomic E-state index is -4.85. The SMILES string of the molecule is NC(N)=NCCCCC(=O)Nc1cc(C(F)(F)F)cc(NC(=O)Nc2ccc(Oc3cc(N)cc(C(F)(F)F)c3)cc2)c1O[C@@H]1CCNC1. The van der Waals surface area contributed by atoms with Gasteiger partial charge in [-0.15, -0.1) is 0 Å². The average molecular weight is 697 g/mol. The second kappa shape index (κ2) is 15.7. The summed E-state index contributed by atoms with van der Waals surface area (Å²) >= 11 is 0. The van der Waals surface area contributed by atoms with Gasteiger partial charge in [0.25, 0.3) is 0 Å². The van der Waals surface area contributed by atoms with E-state index in [4.69, 9.17) is 26.7 Å². The van der Waals surface area contributed by atoms with E-state index in [1.54, 1.807) is 0 Å². The Hall–Kier alpha value is -5.39. The van der Waals surface area contributed by atoms with Crippen LogP contribution in [0.1, 0.15) is 36.8 Å². The fourth-order valence-electron chi connectivity index (χ4n) is 4.69. The molecule has 3 amide bonds. The molecule has 0 unspecified atom stereocenters.